The zero-order valence-electron chi connectivity index (χ0n) is 18.3. The van der Waals surface area contributed by atoms with E-state index in [1.807, 2.05) is 0 Å². The minimum atomic E-state index is -1.05. The number of non-ortho nitro benzene ring substituents is 1. The summed E-state index contributed by atoms with van der Waals surface area (Å²) in [5.41, 5.74) is 0.754. The molecule has 1 aliphatic rings. The maximum Gasteiger partial charge on any atom is 0.300 e. The number of hydrogen-bond acceptors (Lipinski definition) is 7. The van der Waals surface area contributed by atoms with Gasteiger partial charge in [-0.15, -0.1) is 0 Å². The summed E-state index contributed by atoms with van der Waals surface area (Å²) in [6.45, 7) is 0. The molecule has 1 aliphatic heterocycles. The smallest absolute Gasteiger partial charge is 0.300 e. The molecule has 1 amide bonds. The van der Waals surface area contributed by atoms with Crippen molar-refractivity contribution in [1.82, 2.24) is 0 Å². The number of aliphatic hydroxyl groups is 1. The molecule has 1 saturated heterocycles. The molecule has 3 aromatic rings. The van der Waals surface area contributed by atoms with Gasteiger partial charge < -0.3 is 14.6 Å². The number of nitrogens with zero attached hydrogens (tertiary/aromatic N) is 2. The van der Waals surface area contributed by atoms with Crippen molar-refractivity contribution in [2.24, 2.45) is 0 Å². The van der Waals surface area contributed by atoms with E-state index in [4.69, 9.17) is 9.47 Å². The summed E-state index contributed by atoms with van der Waals surface area (Å²) in [5, 5.41) is 22.2. The van der Waals surface area contributed by atoms with Crippen LogP contribution in [-0.2, 0) is 9.59 Å². The molecule has 1 unspecified atom stereocenters. The van der Waals surface area contributed by atoms with Gasteiger partial charge in [-0.3, -0.25) is 24.6 Å². The van der Waals surface area contributed by atoms with Gasteiger partial charge in [0.05, 0.1) is 30.8 Å². The Morgan fingerprint density at radius 2 is 1.65 bits per heavy atom. The van der Waals surface area contributed by atoms with Gasteiger partial charge >= 0.3 is 0 Å². The predicted octanol–water partition coefficient (Wildman–Crippen LogP) is 4.24. The van der Waals surface area contributed by atoms with E-state index in [0.29, 0.717) is 22.6 Å². The third kappa shape index (κ3) is 3.83. The number of rotatable bonds is 6. The van der Waals surface area contributed by atoms with Gasteiger partial charge in [-0.05, 0) is 24.3 Å². The Morgan fingerprint density at radius 1 is 0.971 bits per heavy atom. The molecule has 4 rings (SSSR count). The number of hydrogen-bond donors (Lipinski definition) is 1. The number of Topliss-reactive ketones (excluding diaryl/α,β-unsaturated/α-hetero) is 1. The van der Waals surface area contributed by atoms with Gasteiger partial charge in [0.25, 0.3) is 17.4 Å². The third-order valence-corrected chi connectivity index (χ3v) is 5.57. The zero-order chi connectivity index (χ0) is 24.4. The molecule has 0 aromatic heterocycles. The fraction of sp³-hybridized carbons (Fsp3) is 0.120. The molecule has 1 heterocycles. The second-order valence-corrected chi connectivity index (χ2v) is 7.42. The highest BCUT2D eigenvalue weighted by atomic mass is 16.6. The summed E-state index contributed by atoms with van der Waals surface area (Å²) in [6, 6.07) is 17.5. The first-order valence-corrected chi connectivity index (χ1v) is 10.2. The highest BCUT2D eigenvalue weighted by molar-refractivity contribution is 6.51. The molecule has 1 fully saturated rings. The quantitative estimate of drug-likeness (QED) is 0.192. The Balaban J connectivity index is 1.97. The van der Waals surface area contributed by atoms with E-state index in [2.05, 4.69) is 0 Å². The van der Waals surface area contributed by atoms with Crippen molar-refractivity contribution in [3.8, 4) is 11.5 Å². The Labute approximate surface area is 194 Å². The molecular formula is C25H20N2O7. The normalized spacial score (nSPS) is 17.0. The number of nitro benzene ring substituents is 1. The molecule has 1 N–H and O–H groups in total. The summed E-state index contributed by atoms with van der Waals surface area (Å²) < 4.78 is 10.8. The average Bonchev–Trinajstić information content (AvgIpc) is 3.13. The fourth-order valence-electron chi connectivity index (χ4n) is 3.92. The zero-order valence-corrected chi connectivity index (χ0v) is 18.3. The van der Waals surface area contributed by atoms with Crippen LogP contribution in [0.3, 0.4) is 0 Å². The lowest BCUT2D eigenvalue weighted by Crippen LogP contribution is -2.29. The summed E-state index contributed by atoms with van der Waals surface area (Å²) in [6.07, 6.45) is 0. The Hall–Kier alpha value is -4.66. The van der Waals surface area contributed by atoms with E-state index < -0.39 is 22.7 Å². The van der Waals surface area contributed by atoms with Crippen LogP contribution in [0.1, 0.15) is 17.2 Å². The molecule has 0 bridgehead atoms. The predicted molar refractivity (Wildman–Crippen MR) is 124 cm³/mol. The van der Waals surface area contributed by atoms with Gasteiger partial charge in [0.15, 0.2) is 0 Å². The molecule has 0 spiro atoms. The van der Waals surface area contributed by atoms with Crippen molar-refractivity contribution >= 4 is 28.8 Å². The standard InChI is InChI=1S/C25H20N2O7/c1-33-18-12-13-19(20(14-18)34-2)22-21(23(28)15-6-4-3-5-7-15)24(29)25(30)26(22)16-8-10-17(11-9-16)27(31)32/h3-14,22,28H,1-2H3/b23-21+. The average molecular weight is 460 g/mol. The lowest BCUT2D eigenvalue weighted by atomic mass is 9.94. The Kier molecular flexibility index (Phi) is 6.01. The first kappa shape index (κ1) is 22.5. The SMILES string of the molecule is COc1ccc(C2/C(=C(\O)c3ccccc3)C(=O)C(=O)N2c2ccc([N+](=O)[O-])cc2)c(OC)c1. The fourth-order valence-corrected chi connectivity index (χ4v) is 3.92. The van der Waals surface area contributed by atoms with Crippen LogP contribution in [-0.4, -0.2) is 35.9 Å². The maximum absolute atomic E-state index is 13.2. The third-order valence-electron chi connectivity index (χ3n) is 5.57. The topological polar surface area (TPSA) is 119 Å². The van der Waals surface area contributed by atoms with E-state index in [0.717, 1.165) is 0 Å². The minimum absolute atomic E-state index is 0.127. The van der Waals surface area contributed by atoms with Gasteiger partial charge in [0.1, 0.15) is 17.3 Å². The van der Waals surface area contributed by atoms with Crippen LogP contribution >= 0.6 is 0 Å². The molecule has 0 saturated carbocycles. The Morgan fingerprint density at radius 3 is 2.24 bits per heavy atom. The number of methoxy groups -OCH3 is 2. The van der Waals surface area contributed by atoms with E-state index in [1.165, 1.54) is 43.4 Å². The highest BCUT2D eigenvalue weighted by Crippen LogP contribution is 2.45. The van der Waals surface area contributed by atoms with Crippen molar-refractivity contribution in [3.05, 3.63) is 99.6 Å². The number of benzene rings is 3. The van der Waals surface area contributed by atoms with E-state index in [-0.39, 0.29) is 22.7 Å². The summed E-state index contributed by atoms with van der Waals surface area (Å²) in [5.74, 6) is -1.28. The van der Waals surface area contributed by atoms with Gasteiger partial charge in [-0.1, -0.05) is 30.3 Å². The summed E-state index contributed by atoms with van der Waals surface area (Å²) >= 11 is 0. The number of carbonyl (C=O) groups excluding carboxylic acids is 2. The van der Waals surface area contributed by atoms with Crippen LogP contribution in [0.15, 0.2) is 78.4 Å². The number of ether oxygens (including phenoxy) is 2. The van der Waals surface area contributed by atoms with Crippen LogP contribution in [0.2, 0.25) is 0 Å². The molecule has 172 valence electrons. The van der Waals surface area contributed by atoms with Crippen molar-refractivity contribution in [1.29, 1.82) is 0 Å². The molecule has 9 nitrogen and oxygen atoms in total. The van der Waals surface area contributed by atoms with Gasteiger partial charge in [0, 0.05) is 35.0 Å². The van der Waals surface area contributed by atoms with Crippen LogP contribution < -0.4 is 14.4 Å². The maximum atomic E-state index is 13.2. The number of aliphatic hydroxyl groups excluding tert-OH is 1. The number of amides is 1. The molecule has 34 heavy (non-hydrogen) atoms. The molecule has 1 atom stereocenters. The molecular weight excluding hydrogens is 440 g/mol. The molecule has 3 aromatic carbocycles. The lowest BCUT2D eigenvalue weighted by Gasteiger charge is -2.26. The first-order chi connectivity index (χ1) is 16.4. The lowest BCUT2D eigenvalue weighted by molar-refractivity contribution is -0.384. The van der Waals surface area contributed by atoms with Crippen LogP contribution in [0.4, 0.5) is 11.4 Å². The number of anilines is 1. The molecule has 9 heteroatoms. The van der Waals surface area contributed by atoms with Crippen LogP contribution in [0.25, 0.3) is 5.76 Å². The number of ketones is 1. The van der Waals surface area contributed by atoms with Crippen molar-refractivity contribution in [3.63, 3.8) is 0 Å². The minimum Gasteiger partial charge on any atom is -0.507 e. The second kappa shape index (κ2) is 9.07. The molecule has 0 aliphatic carbocycles. The molecule has 0 radical (unpaired) electrons. The van der Waals surface area contributed by atoms with Gasteiger partial charge in [-0.2, -0.15) is 0 Å². The monoisotopic (exact) mass is 460 g/mol. The van der Waals surface area contributed by atoms with Crippen molar-refractivity contribution in [2.75, 3.05) is 19.1 Å². The number of nitro groups is 1. The Bertz CT molecular complexity index is 1300. The first-order valence-electron chi connectivity index (χ1n) is 10.2. The largest absolute Gasteiger partial charge is 0.507 e. The van der Waals surface area contributed by atoms with Crippen molar-refractivity contribution < 1.29 is 29.1 Å². The van der Waals surface area contributed by atoms with Gasteiger partial charge in [0.2, 0.25) is 0 Å². The van der Waals surface area contributed by atoms with Crippen LogP contribution in [0, 0.1) is 10.1 Å². The van der Waals surface area contributed by atoms with E-state index in [1.54, 1.807) is 48.5 Å². The van der Waals surface area contributed by atoms with E-state index in [9.17, 15) is 24.8 Å². The van der Waals surface area contributed by atoms with Gasteiger partial charge in [-0.25, -0.2) is 0 Å². The second-order valence-electron chi connectivity index (χ2n) is 7.42. The number of carbonyl (C=O) groups is 2. The summed E-state index contributed by atoms with van der Waals surface area (Å²) in [4.78, 5) is 38.1. The summed E-state index contributed by atoms with van der Waals surface area (Å²) in [7, 11) is 2.93. The van der Waals surface area contributed by atoms with Crippen LogP contribution in [0.5, 0.6) is 11.5 Å². The van der Waals surface area contributed by atoms with E-state index >= 15 is 0 Å². The highest BCUT2D eigenvalue weighted by Gasteiger charge is 2.48. The van der Waals surface area contributed by atoms with Crippen molar-refractivity contribution in [2.45, 2.75) is 6.04 Å².